The number of hydrogen-bond acceptors (Lipinski definition) is 2. The standard InChI is InChI=1S/C25H40O2/c1-2-3-4-5-6-7-8-9-10-11-12-13-14-15-16-17-18-19-20-21-25(26)27-24-22-23-24/h13-21,24,26H,2-12,22-23H2,1H3. The van der Waals surface area contributed by atoms with E-state index in [1.54, 1.807) is 12.2 Å². The van der Waals surface area contributed by atoms with Crippen molar-refractivity contribution in [2.45, 2.75) is 96.5 Å². The molecule has 0 amide bonds. The molecule has 0 unspecified atom stereocenters. The molecule has 0 aromatic rings. The van der Waals surface area contributed by atoms with Crippen LogP contribution in [0.25, 0.3) is 0 Å². The molecule has 0 aromatic carbocycles. The lowest BCUT2D eigenvalue weighted by molar-refractivity contribution is 0.0824. The van der Waals surface area contributed by atoms with Crippen LogP contribution >= 0.6 is 0 Å². The fraction of sp³-hybridized carbons (Fsp3) is 0.600. The minimum Gasteiger partial charge on any atom is -0.481 e. The predicted octanol–water partition coefficient (Wildman–Crippen LogP) is 8.10. The second-order valence-electron chi connectivity index (χ2n) is 7.38. The molecule has 2 heteroatoms. The van der Waals surface area contributed by atoms with E-state index in [9.17, 15) is 5.11 Å². The first-order valence-electron chi connectivity index (χ1n) is 11.1. The van der Waals surface area contributed by atoms with Gasteiger partial charge in [-0.05, 0) is 25.7 Å². The molecule has 0 aromatic heterocycles. The Hall–Kier alpha value is -1.70. The Morgan fingerprint density at radius 1 is 0.741 bits per heavy atom. The van der Waals surface area contributed by atoms with Gasteiger partial charge in [0.1, 0.15) is 6.10 Å². The molecule has 27 heavy (non-hydrogen) atoms. The van der Waals surface area contributed by atoms with Crippen LogP contribution in [0.1, 0.15) is 90.4 Å². The molecular formula is C25H40O2. The Balaban J connectivity index is 1.88. The van der Waals surface area contributed by atoms with Gasteiger partial charge in [-0.25, -0.2) is 0 Å². The third-order valence-corrected chi connectivity index (χ3v) is 4.58. The van der Waals surface area contributed by atoms with E-state index < -0.39 is 0 Å². The van der Waals surface area contributed by atoms with E-state index in [1.165, 1.54) is 70.6 Å². The molecule has 0 aliphatic heterocycles. The highest BCUT2D eigenvalue weighted by atomic mass is 16.6. The van der Waals surface area contributed by atoms with Gasteiger partial charge in [0.15, 0.2) is 0 Å². The highest BCUT2D eigenvalue weighted by Gasteiger charge is 2.23. The Labute approximate surface area is 167 Å². The van der Waals surface area contributed by atoms with Crippen molar-refractivity contribution in [3.8, 4) is 0 Å². The summed E-state index contributed by atoms with van der Waals surface area (Å²) in [6.07, 6.45) is 35.1. The molecule has 1 fully saturated rings. The molecule has 1 saturated carbocycles. The summed E-state index contributed by atoms with van der Waals surface area (Å²) in [4.78, 5) is 0. The number of ether oxygens (including phenoxy) is 1. The van der Waals surface area contributed by atoms with E-state index in [2.05, 4.69) is 25.2 Å². The zero-order valence-corrected chi connectivity index (χ0v) is 17.3. The normalized spacial score (nSPS) is 15.8. The maximum Gasteiger partial charge on any atom is 0.276 e. The van der Waals surface area contributed by atoms with Crippen molar-refractivity contribution in [2.24, 2.45) is 0 Å². The molecule has 0 spiro atoms. The summed E-state index contributed by atoms with van der Waals surface area (Å²) in [5.41, 5.74) is 0. The average Bonchev–Trinajstić information content (AvgIpc) is 3.47. The minimum atomic E-state index is 0.00704. The fourth-order valence-corrected chi connectivity index (χ4v) is 2.78. The van der Waals surface area contributed by atoms with Crippen molar-refractivity contribution in [3.05, 3.63) is 60.6 Å². The van der Waals surface area contributed by atoms with Crippen LogP contribution in [0.15, 0.2) is 60.6 Å². The highest BCUT2D eigenvalue weighted by molar-refractivity contribution is 5.18. The average molecular weight is 373 g/mol. The minimum absolute atomic E-state index is 0.00704. The van der Waals surface area contributed by atoms with Crippen LogP contribution in [0.3, 0.4) is 0 Å². The Bertz CT molecular complexity index is 479. The van der Waals surface area contributed by atoms with Crippen LogP contribution in [0.2, 0.25) is 0 Å². The van der Waals surface area contributed by atoms with Crippen molar-refractivity contribution in [1.82, 2.24) is 0 Å². The number of aliphatic hydroxyl groups is 1. The molecule has 1 rings (SSSR count). The highest BCUT2D eigenvalue weighted by Crippen LogP contribution is 2.25. The number of aliphatic hydroxyl groups excluding tert-OH is 1. The van der Waals surface area contributed by atoms with Gasteiger partial charge in [0.25, 0.3) is 5.95 Å². The summed E-state index contributed by atoms with van der Waals surface area (Å²) in [5, 5.41) is 9.44. The third kappa shape index (κ3) is 17.5. The molecule has 152 valence electrons. The fourth-order valence-electron chi connectivity index (χ4n) is 2.78. The summed E-state index contributed by atoms with van der Waals surface area (Å²) >= 11 is 0. The number of unbranched alkanes of at least 4 members (excludes halogenated alkanes) is 10. The SMILES string of the molecule is CCCCCCCCCCCCC=CC=CC=CC=CC=C(O)OC1CC1. The van der Waals surface area contributed by atoms with Crippen molar-refractivity contribution in [2.75, 3.05) is 0 Å². The molecule has 0 saturated heterocycles. The number of allylic oxidation sites excluding steroid dienone is 9. The van der Waals surface area contributed by atoms with Crippen molar-refractivity contribution >= 4 is 0 Å². The van der Waals surface area contributed by atoms with Gasteiger partial charge in [0, 0.05) is 6.08 Å². The monoisotopic (exact) mass is 372 g/mol. The molecule has 1 N–H and O–H groups in total. The van der Waals surface area contributed by atoms with Crippen LogP contribution in [-0.4, -0.2) is 11.2 Å². The molecule has 0 atom stereocenters. The first-order chi connectivity index (χ1) is 13.3. The van der Waals surface area contributed by atoms with Crippen LogP contribution in [0.4, 0.5) is 0 Å². The van der Waals surface area contributed by atoms with E-state index in [0.29, 0.717) is 0 Å². The maximum atomic E-state index is 9.44. The van der Waals surface area contributed by atoms with E-state index in [4.69, 9.17) is 4.74 Å². The van der Waals surface area contributed by atoms with Gasteiger partial charge in [-0.3, -0.25) is 0 Å². The van der Waals surface area contributed by atoms with E-state index in [0.717, 1.165) is 12.8 Å². The molecule has 0 bridgehead atoms. The lowest BCUT2D eigenvalue weighted by Gasteiger charge is -2.01. The second kappa shape index (κ2) is 17.7. The molecule has 0 heterocycles. The van der Waals surface area contributed by atoms with E-state index in [-0.39, 0.29) is 12.0 Å². The van der Waals surface area contributed by atoms with Gasteiger partial charge in [-0.2, -0.15) is 0 Å². The zero-order valence-electron chi connectivity index (χ0n) is 17.3. The van der Waals surface area contributed by atoms with Gasteiger partial charge in [0.05, 0.1) is 0 Å². The summed E-state index contributed by atoms with van der Waals surface area (Å²) < 4.78 is 5.22. The van der Waals surface area contributed by atoms with Crippen molar-refractivity contribution in [1.29, 1.82) is 0 Å². The molecule has 0 radical (unpaired) electrons. The summed E-state index contributed by atoms with van der Waals surface area (Å²) in [6.45, 7) is 2.28. The smallest absolute Gasteiger partial charge is 0.276 e. The Kier molecular flexibility index (Phi) is 15.3. The van der Waals surface area contributed by atoms with Gasteiger partial charge in [-0.1, -0.05) is 113 Å². The van der Waals surface area contributed by atoms with Crippen LogP contribution in [-0.2, 0) is 4.74 Å². The van der Waals surface area contributed by atoms with E-state index in [1.807, 2.05) is 24.3 Å². The number of hydrogen-bond donors (Lipinski definition) is 1. The molecule has 2 nitrogen and oxygen atoms in total. The lowest BCUT2D eigenvalue weighted by Crippen LogP contribution is -1.91. The zero-order chi connectivity index (χ0) is 19.4. The van der Waals surface area contributed by atoms with Crippen LogP contribution in [0.5, 0.6) is 0 Å². The van der Waals surface area contributed by atoms with Gasteiger partial charge in [-0.15, -0.1) is 0 Å². The Morgan fingerprint density at radius 3 is 1.85 bits per heavy atom. The third-order valence-electron chi connectivity index (χ3n) is 4.58. The largest absolute Gasteiger partial charge is 0.481 e. The van der Waals surface area contributed by atoms with Crippen molar-refractivity contribution in [3.63, 3.8) is 0 Å². The molecular weight excluding hydrogens is 332 g/mol. The topological polar surface area (TPSA) is 29.5 Å². The molecule has 1 aliphatic carbocycles. The predicted molar refractivity (Wildman–Crippen MR) is 118 cm³/mol. The maximum absolute atomic E-state index is 9.44. The molecule has 1 aliphatic rings. The first-order valence-corrected chi connectivity index (χ1v) is 11.1. The quantitative estimate of drug-likeness (QED) is 0.159. The van der Waals surface area contributed by atoms with Crippen molar-refractivity contribution < 1.29 is 9.84 Å². The summed E-state index contributed by atoms with van der Waals surface area (Å²) in [6, 6.07) is 0. The van der Waals surface area contributed by atoms with Gasteiger partial charge in [0.2, 0.25) is 0 Å². The second-order valence-corrected chi connectivity index (χ2v) is 7.38. The lowest BCUT2D eigenvalue weighted by atomic mass is 10.1. The summed E-state index contributed by atoms with van der Waals surface area (Å²) in [7, 11) is 0. The summed E-state index contributed by atoms with van der Waals surface area (Å²) in [5.74, 6) is 0.00704. The van der Waals surface area contributed by atoms with Crippen LogP contribution in [0, 0.1) is 0 Å². The van der Waals surface area contributed by atoms with Crippen LogP contribution < -0.4 is 0 Å². The first kappa shape index (κ1) is 23.3. The van der Waals surface area contributed by atoms with Gasteiger partial charge < -0.3 is 9.84 Å². The van der Waals surface area contributed by atoms with E-state index >= 15 is 0 Å². The number of rotatable bonds is 17. The van der Waals surface area contributed by atoms with Gasteiger partial charge >= 0.3 is 0 Å². The Morgan fingerprint density at radius 2 is 1.26 bits per heavy atom.